The maximum Gasteiger partial charge on any atom is 0.132 e. The molecule has 1 aromatic carbocycles. The van der Waals surface area contributed by atoms with Gasteiger partial charge in [-0.15, -0.1) is 11.8 Å². The third-order valence-corrected chi connectivity index (χ3v) is 3.46. The zero-order chi connectivity index (χ0) is 11.8. The minimum atomic E-state index is 0.348. The molecule has 2 nitrogen and oxygen atoms in total. The Labute approximate surface area is 101 Å². The molecule has 0 heterocycles. The molecule has 0 aliphatic carbocycles. The van der Waals surface area contributed by atoms with Crippen molar-refractivity contribution in [2.24, 2.45) is 0 Å². The van der Waals surface area contributed by atoms with Crippen molar-refractivity contribution < 1.29 is 9.53 Å². The summed E-state index contributed by atoms with van der Waals surface area (Å²) >= 11 is 1.75. The first-order valence-electron chi connectivity index (χ1n) is 5.55. The average molecular weight is 238 g/mol. The molecule has 0 spiro atoms. The summed E-state index contributed by atoms with van der Waals surface area (Å²) < 4.78 is 5.26. The fourth-order valence-corrected chi connectivity index (χ4v) is 2.34. The van der Waals surface area contributed by atoms with Gasteiger partial charge in [-0.3, -0.25) is 4.79 Å². The maximum absolute atomic E-state index is 11.1. The third kappa shape index (κ3) is 4.27. The van der Waals surface area contributed by atoms with Crippen molar-refractivity contribution in [2.75, 3.05) is 12.9 Å². The molecule has 0 fully saturated rings. The molecule has 0 unspecified atom stereocenters. The van der Waals surface area contributed by atoms with Crippen molar-refractivity contribution in [3.8, 4) is 5.75 Å². The van der Waals surface area contributed by atoms with Crippen LogP contribution in [0, 0.1) is 0 Å². The van der Waals surface area contributed by atoms with E-state index in [1.165, 1.54) is 0 Å². The van der Waals surface area contributed by atoms with Gasteiger partial charge in [0.15, 0.2) is 0 Å². The Kier molecular flexibility index (Phi) is 6.01. The Balaban J connectivity index is 2.34. The quantitative estimate of drug-likeness (QED) is 0.537. The molecule has 0 bridgehead atoms. The van der Waals surface area contributed by atoms with Crippen LogP contribution in [0.4, 0.5) is 0 Å². The number of methoxy groups -OCH3 is 1. The Morgan fingerprint density at radius 2 is 2.12 bits per heavy atom. The molecule has 0 radical (unpaired) electrons. The zero-order valence-electron chi connectivity index (χ0n) is 9.86. The van der Waals surface area contributed by atoms with Crippen molar-refractivity contribution in [1.82, 2.24) is 0 Å². The van der Waals surface area contributed by atoms with Crippen molar-refractivity contribution in [3.63, 3.8) is 0 Å². The van der Waals surface area contributed by atoms with Gasteiger partial charge in [-0.05, 0) is 24.3 Å². The summed E-state index contributed by atoms with van der Waals surface area (Å²) in [7, 11) is 1.68. The number of para-hydroxylation sites is 1. The molecule has 3 heteroatoms. The lowest BCUT2D eigenvalue weighted by Crippen LogP contribution is -1.95. The number of hydrogen-bond donors (Lipinski definition) is 0. The second-order valence-corrected chi connectivity index (χ2v) is 4.63. The molecule has 0 saturated heterocycles. The standard InChI is InChI=1S/C13H18O2S/c1-3-11(14)7-6-10-16-13-9-5-4-8-12(13)15-2/h4-5,8-9H,3,6-7,10H2,1-2H3. The second-order valence-electron chi connectivity index (χ2n) is 3.50. The Bertz CT molecular complexity index is 336. The Morgan fingerprint density at radius 1 is 1.38 bits per heavy atom. The molecule has 16 heavy (non-hydrogen) atoms. The highest BCUT2D eigenvalue weighted by Gasteiger charge is 2.03. The summed E-state index contributed by atoms with van der Waals surface area (Å²) in [6.07, 6.45) is 2.29. The van der Waals surface area contributed by atoms with E-state index in [-0.39, 0.29) is 0 Å². The van der Waals surface area contributed by atoms with Gasteiger partial charge in [0.2, 0.25) is 0 Å². The van der Waals surface area contributed by atoms with Crippen molar-refractivity contribution in [3.05, 3.63) is 24.3 Å². The summed E-state index contributed by atoms with van der Waals surface area (Å²) in [6, 6.07) is 7.97. The number of benzene rings is 1. The number of Topliss-reactive ketones (excluding diaryl/α,β-unsaturated/α-hetero) is 1. The topological polar surface area (TPSA) is 26.3 Å². The van der Waals surface area contributed by atoms with E-state index >= 15 is 0 Å². The Hall–Kier alpha value is -0.960. The number of thioether (sulfide) groups is 1. The van der Waals surface area contributed by atoms with E-state index < -0.39 is 0 Å². The van der Waals surface area contributed by atoms with Crippen LogP contribution in [0.15, 0.2) is 29.2 Å². The molecule has 0 aliphatic heterocycles. The monoisotopic (exact) mass is 238 g/mol. The van der Waals surface area contributed by atoms with Crippen LogP contribution in [0.2, 0.25) is 0 Å². The van der Waals surface area contributed by atoms with Crippen LogP contribution in [0.5, 0.6) is 5.75 Å². The van der Waals surface area contributed by atoms with Gasteiger partial charge in [0, 0.05) is 17.7 Å². The van der Waals surface area contributed by atoms with Gasteiger partial charge in [0.05, 0.1) is 7.11 Å². The summed E-state index contributed by atoms with van der Waals surface area (Å²) in [4.78, 5) is 12.3. The minimum Gasteiger partial charge on any atom is -0.496 e. The maximum atomic E-state index is 11.1. The van der Waals surface area contributed by atoms with E-state index in [4.69, 9.17) is 4.74 Å². The zero-order valence-corrected chi connectivity index (χ0v) is 10.7. The lowest BCUT2D eigenvalue weighted by atomic mass is 10.2. The van der Waals surface area contributed by atoms with Gasteiger partial charge in [-0.1, -0.05) is 19.1 Å². The van der Waals surface area contributed by atoms with E-state index in [2.05, 4.69) is 0 Å². The molecule has 1 rings (SSSR count). The molecular weight excluding hydrogens is 220 g/mol. The number of ketones is 1. The molecular formula is C13H18O2S. The van der Waals surface area contributed by atoms with Crippen LogP contribution in [-0.4, -0.2) is 18.6 Å². The van der Waals surface area contributed by atoms with Gasteiger partial charge >= 0.3 is 0 Å². The SMILES string of the molecule is CCC(=O)CCCSc1ccccc1OC. The van der Waals surface area contributed by atoms with Crippen molar-refractivity contribution in [2.45, 2.75) is 31.1 Å². The molecule has 0 N–H and O–H groups in total. The fourth-order valence-electron chi connectivity index (χ4n) is 1.37. The first kappa shape index (κ1) is 13.1. The number of carbonyl (C=O) groups is 1. The number of hydrogen-bond acceptors (Lipinski definition) is 3. The highest BCUT2D eigenvalue weighted by atomic mass is 32.2. The summed E-state index contributed by atoms with van der Waals surface area (Å²) in [5.41, 5.74) is 0. The van der Waals surface area contributed by atoms with Crippen LogP contribution in [0.25, 0.3) is 0 Å². The number of carbonyl (C=O) groups excluding carboxylic acids is 1. The van der Waals surface area contributed by atoms with Gasteiger partial charge in [0.1, 0.15) is 11.5 Å². The smallest absolute Gasteiger partial charge is 0.132 e. The van der Waals surface area contributed by atoms with Crippen LogP contribution in [0.3, 0.4) is 0 Å². The summed E-state index contributed by atoms with van der Waals surface area (Å²) in [5.74, 6) is 2.22. The van der Waals surface area contributed by atoms with Crippen LogP contribution in [-0.2, 0) is 4.79 Å². The van der Waals surface area contributed by atoms with Crippen LogP contribution in [0.1, 0.15) is 26.2 Å². The van der Waals surface area contributed by atoms with Gasteiger partial charge < -0.3 is 4.74 Å². The van der Waals surface area contributed by atoms with Gasteiger partial charge in [-0.2, -0.15) is 0 Å². The minimum absolute atomic E-state index is 0.348. The van der Waals surface area contributed by atoms with E-state index in [0.717, 1.165) is 22.8 Å². The van der Waals surface area contributed by atoms with Crippen LogP contribution < -0.4 is 4.74 Å². The highest BCUT2D eigenvalue weighted by Crippen LogP contribution is 2.29. The fraction of sp³-hybridized carbons (Fsp3) is 0.462. The summed E-state index contributed by atoms with van der Waals surface area (Å²) in [5, 5.41) is 0. The second kappa shape index (κ2) is 7.34. The lowest BCUT2D eigenvalue weighted by Gasteiger charge is -2.06. The Morgan fingerprint density at radius 3 is 2.81 bits per heavy atom. The lowest BCUT2D eigenvalue weighted by molar-refractivity contribution is -0.118. The summed E-state index contributed by atoms with van der Waals surface area (Å²) in [6.45, 7) is 1.91. The molecule has 0 aliphatic rings. The molecule has 0 aromatic heterocycles. The van der Waals surface area contributed by atoms with E-state index in [0.29, 0.717) is 18.6 Å². The van der Waals surface area contributed by atoms with E-state index in [9.17, 15) is 4.79 Å². The molecule has 0 atom stereocenters. The van der Waals surface area contributed by atoms with E-state index in [1.54, 1.807) is 18.9 Å². The van der Waals surface area contributed by atoms with E-state index in [1.807, 2.05) is 31.2 Å². The third-order valence-electron chi connectivity index (χ3n) is 2.32. The van der Waals surface area contributed by atoms with Crippen LogP contribution >= 0.6 is 11.8 Å². The highest BCUT2D eigenvalue weighted by molar-refractivity contribution is 7.99. The predicted octanol–water partition coefficient (Wildman–Crippen LogP) is 3.55. The van der Waals surface area contributed by atoms with Gasteiger partial charge in [0.25, 0.3) is 0 Å². The molecule has 1 aromatic rings. The number of rotatable bonds is 7. The van der Waals surface area contributed by atoms with Crippen molar-refractivity contribution >= 4 is 17.5 Å². The normalized spacial score (nSPS) is 10.1. The van der Waals surface area contributed by atoms with Crippen molar-refractivity contribution in [1.29, 1.82) is 0 Å². The average Bonchev–Trinajstić information content (AvgIpc) is 2.34. The molecule has 0 amide bonds. The number of ether oxygens (including phenoxy) is 1. The predicted molar refractivity (Wildman–Crippen MR) is 68.3 cm³/mol. The largest absolute Gasteiger partial charge is 0.496 e. The van der Waals surface area contributed by atoms with Gasteiger partial charge in [-0.25, -0.2) is 0 Å². The molecule has 0 saturated carbocycles. The molecule has 88 valence electrons. The first-order valence-corrected chi connectivity index (χ1v) is 6.54. The first-order chi connectivity index (χ1) is 7.77.